The smallest absolute Gasteiger partial charge is 0.163 e. The number of carbonyl (C=O) groups excluding carboxylic acids is 1. The zero-order valence-electron chi connectivity index (χ0n) is 17.1. The van der Waals surface area contributed by atoms with Gasteiger partial charge in [-0.15, -0.1) is 0 Å². The Bertz CT molecular complexity index is 983. The SMILES string of the molecule is Cc1cc2c(cc1C)N[C@@H](/C=C/c1ccccc1)C1=C(CC(C)(C)CC1=O)N2. The normalized spacial score (nSPS) is 20.9. The highest BCUT2D eigenvalue weighted by Crippen LogP contribution is 2.42. The van der Waals surface area contributed by atoms with Crippen LogP contribution in [0.2, 0.25) is 0 Å². The first kappa shape index (κ1) is 18.5. The Kier molecular flexibility index (Phi) is 4.62. The maximum absolute atomic E-state index is 13.1. The molecule has 2 aromatic rings. The van der Waals surface area contributed by atoms with Crippen molar-refractivity contribution < 1.29 is 4.79 Å². The molecule has 3 heteroatoms. The number of aryl methyl sites for hydroxylation is 2. The van der Waals surface area contributed by atoms with Gasteiger partial charge in [-0.2, -0.15) is 0 Å². The number of allylic oxidation sites excluding steroid dienone is 1. The minimum Gasteiger partial charge on any atom is -0.373 e. The molecule has 2 aliphatic rings. The van der Waals surface area contributed by atoms with E-state index in [1.165, 1.54) is 11.1 Å². The third-order valence-electron chi connectivity index (χ3n) is 5.74. The monoisotopic (exact) mass is 372 g/mol. The number of Topliss-reactive ketones (excluding diaryl/α,β-unsaturated/α-hetero) is 1. The highest BCUT2D eigenvalue weighted by atomic mass is 16.1. The molecule has 1 aliphatic heterocycles. The largest absolute Gasteiger partial charge is 0.373 e. The van der Waals surface area contributed by atoms with Gasteiger partial charge < -0.3 is 10.6 Å². The zero-order valence-corrected chi connectivity index (χ0v) is 17.1. The van der Waals surface area contributed by atoms with Crippen molar-refractivity contribution in [2.24, 2.45) is 5.41 Å². The van der Waals surface area contributed by atoms with Gasteiger partial charge in [-0.3, -0.25) is 4.79 Å². The molecule has 0 amide bonds. The van der Waals surface area contributed by atoms with Crippen LogP contribution in [0.1, 0.15) is 43.4 Å². The number of rotatable bonds is 2. The topological polar surface area (TPSA) is 41.1 Å². The van der Waals surface area contributed by atoms with Crippen LogP contribution < -0.4 is 10.6 Å². The van der Waals surface area contributed by atoms with E-state index in [-0.39, 0.29) is 17.2 Å². The fourth-order valence-corrected chi connectivity index (χ4v) is 4.16. The van der Waals surface area contributed by atoms with Gasteiger partial charge in [0.2, 0.25) is 0 Å². The molecular weight excluding hydrogens is 344 g/mol. The highest BCUT2D eigenvalue weighted by Gasteiger charge is 2.37. The summed E-state index contributed by atoms with van der Waals surface area (Å²) in [5.74, 6) is 0.232. The lowest BCUT2D eigenvalue weighted by molar-refractivity contribution is -0.118. The molecular formula is C25H28N2O. The minimum absolute atomic E-state index is 0.0269. The Morgan fingerprint density at radius 1 is 1.00 bits per heavy atom. The molecule has 1 aliphatic carbocycles. The molecule has 4 rings (SSSR count). The quantitative estimate of drug-likeness (QED) is 0.693. The van der Waals surface area contributed by atoms with Gasteiger partial charge in [0, 0.05) is 17.7 Å². The summed E-state index contributed by atoms with van der Waals surface area (Å²) in [5, 5.41) is 7.23. The van der Waals surface area contributed by atoms with E-state index < -0.39 is 0 Å². The van der Waals surface area contributed by atoms with Crippen LogP contribution in [0.3, 0.4) is 0 Å². The van der Waals surface area contributed by atoms with Crippen molar-refractivity contribution >= 4 is 23.2 Å². The third-order valence-corrected chi connectivity index (χ3v) is 5.74. The molecule has 1 atom stereocenters. The molecule has 0 aromatic heterocycles. The fourth-order valence-electron chi connectivity index (χ4n) is 4.16. The average molecular weight is 373 g/mol. The van der Waals surface area contributed by atoms with Gasteiger partial charge in [-0.1, -0.05) is 56.3 Å². The fraction of sp³-hybridized carbons (Fsp3) is 0.320. The van der Waals surface area contributed by atoms with Crippen LogP contribution in [-0.4, -0.2) is 11.8 Å². The number of fused-ring (bicyclic) bond motifs is 1. The van der Waals surface area contributed by atoms with E-state index >= 15 is 0 Å². The number of hydrogen-bond donors (Lipinski definition) is 2. The van der Waals surface area contributed by atoms with E-state index in [9.17, 15) is 4.79 Å². The summed E-state index contributed by atoms with van der Waals surface area (Å²) < 4.78 is 0. The number of anilines is 2. The maximum Gasteiger partial charge on any atom is 0.163 e. The molecule has 2 N–H and O–H groups in total. The van der Waals surface area contributed by atoms with Gasteiger partial charge in [-0.25, -0.2) is 0 Å². The van der Waals surface area contributed by atoms with E-state index in [0.717, 1.165) is 34.6 Å². The van der Waals surface area contributed by atoms with Crippen LogP contribution in [0.4, 0.5) is 11.4 Å². The van der Waals surface area contributed by atoms with Crippen LogP contribution in [0, 0.1) is 19.3 Å². The van der Waals surface area contributed by atoms with Crippen LogP contribution in [0.25, 0.3) is 6.08 Å². The zero-order chi connectivity index (χ0) is 19.9. The molecule has 0 spiro atoms. The molecule has 0 bridgehead atoms. The Morgan fingerprint density at radius 2 is 1.68 bits per heavy atom. The van der Waals surface area contributed by atoms with Crippen LogP contribution in [0.5, 0.6) is 0 Å². The number of ketones is 1. The summed E-state index contributed by atoms with van der Waals surface area (Å²) in [6.45, 7) is 8.59. The predicted molar refractivity (Wildman–Crippen MR) is 117 cm³/mol. The van der Waals surface area contributed by atoms with E-state index in [2.05, 4.69) is 74.7 Å². The Labute approximate surface area is 167 Å². The number of hydrogen-bond acceptors (Lipinski definition) is 3. The van der Waals surface area contributed by atoms with Gasteiger partial charge in [0.15, 0.2) is 5.78 Å². The summed E-state index contributed by atoms with van der Waals surface area (Å²) >= 11 is 0. The van der Waals surface area contributed by atoms with Crippen molar-refractivity contribution in [3.05, 3.63) is 76.5 Å². The summed E-state index contributed by atoms with van der Waals surface area (Å²) in [5.41, 5.74) is 7.62. The molecule has 144 valence electrons. The van der Waals surface area contributed by atoms with Gasteiger partial charge in [0.25, 0.3) is 0 Å². The van der Waals surface area contributed by atoms with Gasteiger partial charge in [0.05, 0.1) is 17.4 Å². The number of benzene rings is 2. The van der Waals surface area contributed by atoms with Crippen molar-refractivity contribution in [3.8, 4) is 0 Å². The maximum atomic E-state index is 13.1. The molecule has 0 saturated carbocycles. The van der Waals surface area contributed by atoms with Crippen LogP contribution in [-0.2, 0) is 4.79 Å². The van der Waals surface area contributed by atoms with Crippen LogP contribution >= 0.6 is 0 Å². The Morgan fingerprint density at radius 3 is 2.39 bits per heavy atom. The van der Waals surface area contributed by atoms with Crippen LogP contribution in [0.15, 0.2) is 59.8 Å². The summed E-state index contributed by atoms with van der Waals surface area (Å²) in [4.78, 5) is 13.1. The standard InChI is InChI=1S/C25H28N2O/c1-16-12-20-21(13-17(16)2)27-22-14-25(3,4)15-23(28)24(22)19(26-20)11-10-18-8-6-5-7-9-18/h5-13,19,26-27H,14-15H2,1-4H3/b11-10+/t19-/m0/s1. The van der Waals surface area contributed by atoms with Gasteiger partial charge in [0.1, 0.15) is 0 Å². The first-order valence-electron chi connectivity index (χ1n) is 9.97. The molecule has 3 nitrogen and oxygen atoms in total. The minimum atomic E-state index is -0.144. The van der Waals surface area contributed by atoms with E-state index in [0.29, 0.717) is 6.42 Å². The molecule has 1 heterocycles. The second kappa shape index (κ2) is 6.97. The molecule has 0 unspecified atom stereocenters. The van der Waals surface area contributed by atoms with Gasteiger partial charge in [-0.05, 0) is 54.5 Å². The van der Waals surface area contributed by atoms with Crippen molar-refractivity contribution in [2.45, 2.75) is 46.6 Å². The van der Waals surface area contributed by atoms with E-state index in [1.807, 2.05) is 18.2 Å². The average Bonchev–Trinajstić information content (AvgIpc) is 2.76. The second-order valence-corrected chi connectivity index (χ2v) is 8.83. The van der Waals surface area contributed by atoms with Crippen molar-refractivity contribution in [2.75, 3.05) is 10.6 Å². The van der Waals surface area contributed by atoms with Crippen molar-refractivity contribution in [3.63, 3.8) is 0 Å². The number of carbonyl (C=O) groups is 1. The highest BCUT2D eigenvalue weighted by molar-refractivity contribution is 6.01. The lowest BCUT2D eigenvalue weighted by Crippen LogP contribution is -2.34. The van der Waals surface area contributed by atoms with Gasteiger partial charge >= 0.3 is 0 Å². The summed E-state index contributed by atoms with van der Waals surface area (Å²) in [6.07, 6.45) is 5.67. The van der Waals surface area contributed by atoms with Crippen molar-refractivity contribution in [1.82, 2.24) is 0 Å². The lowest BCUT2D eigenvalue weighted by atomic mass is 9.74. The molecule has 0 fully saturated rings. The Balaban J connectivity index is 1.80. The first-order valence-corrected chi connectivity index (χ1v) is 9.97. The molecule has 0 radical (unpaired) electrons. The summed E-state index contributed by atoms with van der Waals surface area (Å²) in [7, 11) is 0. The molecule has 2 aromatic carbocycles. The Hall–Kier alpha value is -2.81. The molecule has 28 heavy (non-hydrogen) atoms. The second-order valence-electron chi connectivity index (χ2n) is 8.83. The molecule has 0 saturated heterocycles. The number of nitrogens with one attached hydrogen (secondary N) is 2. The first-order chi connectivity index (χ1) is 13.3. The predicted octanol–water partition coefficient (Wildman–Crippen LogP) is 5.87. The van der Waals surface area contributed by atoms with E-state index in [4.69, 9.17) is 0 Å². The summed E-state index contributed by atoms with van der Waals surface area (Å²) in [6, 6.07) is 14.4. The van der Waals surface area contributed by atoms with E-state index in [1.54, 1.807) is 0 Å². The van der Waals surface area contributed by atoms with Crippen molar-refractivity contribution in [1.29, 1.82) is 0 Å². The lowest BCUT2D eigenvalue weighted by Gasteiger charge is -2.33. The third kappa shape index (κ3) is 3.62.